The SMILES string of the molecule is CN1CCN(C(=O)CNc2cc(C(F)(F)F)ccc2Cl)CC1. The number of amides is 1. The molecular formula is C14H17ClF3N3O. The van der Waals surface area contributed by atoms with Crippen LogP contribution in [0.1, 0.15) is 5.56 Å². The lowest BCUT2D eigenvalue weighted by Gasteiger charge is -2.32. The van der Waals surface area contributed by atoms with Crippen molar-refractivity contribution in [1.82, 2.24) is 9.80 Å². The molecule has 8 heteroatoms. The van der Waals surface area contributed by atoms with E-state index in [0.29, 0.717) is 13.1 Å². The number of likely N-dealkylation sites (N-methyl/N-ethyl adjacent to an activating group) is 1. The van der Waals surface area contributed by atoms with Crippen LogP contribution >= 0.6 is 11.6 Å². The summed E-state index contributed by atoms with van der Waals surface area (Å²) in [5.41, 5.74) is -0.689. The molecule has 0 radical (unpaired) electrons. The summed E-state index contributed by atoms with van der Waals surface area (Å²) in [4.78, 5) is 15.9. The monoisotopic (exact) mass is 335 g/mol. The van der Waals surface area contributed by atoms with Gasteiger partial charge < -0.3 is 15.1 Å². The van der Waals surface area contributed by atoms with Crippen molar-refractivity contribution in [3.05, 3.63) is 28.8 Å². The fourth-order valence-corrected chi connectivity index (χ4v) is 2.36. The Kier molecular flexibility index (Phi) is 5.18. The summed E-state index contributed by atoms with van der Waals surface area (Å²) in [5.74, 6) is -0.151. The molecule has 0 unspecified atom stereocenters. The topological polar surface area (TPSA) is 35.6 Å². The van der Waals surface area contributed by atoms with Crippen LogP contribution in [0.3, 0.4) is 0 Å². The second kappa shape index (κ2) is 6.75. The van der Waals surface area contributed by atoms with Crippen molar-refractivity contribution in [2.45, 2.75) is 6.18 Å². The quantitative estimate of drug-likeness (QED) is 0.922. The van der Waals surface area contributed by atoms with Crippen LogP contribution in [0.25, 0.3) is 0 Å². The number of nitrogens with zero attached hydrogens (tertiary/aromatic N) is 2. The highest BCUT2D eigenvalue weighted by Gasteiger charge is 2.31. The molecule has 0 saturated carbocycles. The lowest BCUT2D eigenvalue weighted by Crippen LogP contribution is -2.48. The van der Waals surface area contributed by atoms with Gasteiger partial charge in [0.15, 0.2) is 0 Å². The zero-order valence-electron chi connectivity index (χ0n) is 12.1. The van der Waals surface area contributed by atoms with Gasteiger partial charge in [0.05, 0.1) is 22.8 Å². The van der Waals surface area contributed by atoms with E-state index in [-0.39, 0.29) is 23.2 Å². The molecule has 2 rings (SSSR count). The second-order valence-electron chi connectivity index (χ2n) is 5.23. The summed E-state index contributed by atoms with van der Waals surface area (Å²) in [5, 5.41) is 2.85. The zero-order chi connectivity index (χ0) is 16.3. The molecule has 0 aromatic heterocycles. The van der Waals surface area contributed by atoms with Crippen LogP contribution in [0.4, 0.5) is 18.9 Å². The van der Waals surface area contributed by atoms with Crippen molar-refractivity contribution in [3.63, 3.8) is 0 Å². The lowest BCUT2D eigenvalue weighted by atomic mass is 10.2. The largest absolute Gasteiger partial charge is 0.416 e. The van der Waals surface area contributed by atoms with E-state index >= 15 is 0 Å². The summed E-state index contributed by atoms with van der Waals surface area (Å²) in [7, 11) is 1.97. The van der Waals surface area contributed by atoms with Gasteiger partial charge in [-0.3, -0.25) is 4.79 Å². The first-order valence-electron chi connectivity index (χ1n) is 6.84. The molecular weight excluding hydrogens is 319 g/mol. The number of carbonyl (C=O) groups excluding carboxylic acids is 1. The first kappa shape index (κ1) is 16.9. The maximum absolute atomic E-state index is 12.7. The van der Waals surface area contributed by atoms with Gasteiger partial charge in [0.2, 0.25) is 5.91 Å². The summed E-state index contributed by atoms with van der Waals surface area (Å²) in [6.45, 7) is 2.73. The van der Waals surface area contributed by atoms with Crippen molar-refractivity contribution in [1.29, 1.82) is 0 Å². The first-order chi connectivity index (χ1) is 10.3. The predicted octanol–water partition coefficient (Wildman–Crippen LogP) is 2.54. The van der Waals surface area contributed by atoms with E-state index < -0.39 is 11.7 Å². The Morgan fingerprint density at radius 2 is 1.91 bits per heavy atom. The van der Waals surface area contributed by atoms with Crippen molar-refractivity contribution in [2.75, 3.05) is 45.1 Å². The maximum Gasteiger partial charge on any atom is 0.416 e. The van der Waals surface area contributed by atoms with Crippen molar-refractivity contribution in [2.24, 2.45) is 0 Å². The Balaban J connectivity index is 1.97. The number of carbonyl (C=O) groups is 1. The van der Waals surface area contributed by atoms with Crippen LogP contribution in [-0.4, -0.2) is 55.5 Å². The standard InChI is InChI=1S/C14H17ClF3N3O/c1-20-4-6-21(7-5-20)13(22)9-19-12-8-10(14(16,17)18)2-3-11(12)15/h2-3,8,19H,4-7,9H2,1H3. The minimum Gasteiger partial charge on any atom is -0.375 e. The van der Waals surface area contributed by atoms with Gasteiger partial charge in [0.1, 0.15) is 0 Å². The van der Waals surface area contributed by atoms with Crippen molar-refractivity contribution in [3.8, 4) is 0 Å². The molecule has 22 heavy (non-hydrogen) atoms. The van der Waals surface area contributed by atoms with Gasteiger partial charge in [-0.2, -0.15) is 13.2 Å². The third-order valence-electron chi connectivity index (χ3n) is 3.58. The Morgan fingerprint density at radius 3 is 2.50 bits per heavy atom. The highest BCUT2D eigenvalue weighted by atomic mass is 35.5. The molecule has 0 spiro atoms. The van der Waals surface area contributed by atoms with Gasteiger partial charge in [-0.1, -0.05) is 11.6 Å². The van der Waals surface area contributed by atoms with Crippen LogP contribution in [-0.2, 0) is 11.0 Å². The number of halogens is 4. The molecule has 0 bridgehead atoms. The van der Waals surface area contributed by atoms with Crippen LogP contribution in [0.5, 0.6) is 0 Å². The Labute approximate surface area is 131 Å². The molecule has 1 N–H and O–H groups in total. The van der Waals surface area contributed by atoms with E-state index in [9.17, 15) is 18.0 Å². The number of anilines is 1. The highest BCUT2D eigenvalue weighted by Crippen LogP contribution is 2.33. The molecule has 1 fully saturated rings. The number of hydrogen-bond acceptors (Lipinski definition) is 3. The summed E-state index contributed by atoms with van der Waals surface area (Å²) in [6, 6.07) is 3.00. The molecule has 4 nitrogen and oxygen atoms in total. The zero-order valence-corrected chi connectivity index (χ0v) is 12.8. The normalized spacial score (nSPS) is 16.7. The van der Waals surface area contributed by atoms with E-state index in [1.54, 1.807) is 4.90 Å². The Bertz CT molecular complexity index is 543. The summed E-state index contributed by atoms with van der Waals surface area (Å²) in [6.07, 6.45) is -4.44. The summed E-state index contributed by atoms with van der Waals surface area (Å²) >= 11 is 5.87. The van der Waals surface area contributed by atoms with Gasteiger partial charge in [-0.05, 0) is 25.2 Å². The van der Waals surface area contributed by atoms with E-state index in [4.69, 9.17) is 11.6 Å². The van der Waals surface area contributed by atoms with Gasteiger partial charge in [0, 0.05) is 26.2 Å². The van der Waals surface area contributed by atoms with Crippen LogP contribution in [0.15, 0.2) is 18.2 Å². The van der Waals surface area contributed by atoms with E-state index in [1.165, 1.54) is 6.07 Å². The number of piperazine rings is 1. The average molecular weight is 336 g/mol. The molecule has 1 amide bonds. The number of alkyl halides is 3. The average Bonchev–Trinajstić information content (AvgIpc) is 2.45. The van der Waals surface area contributed by atoms with E-state index in [2.05, 4.69) is 10.2 Å². The van der Waals surface area contributed by atoms with Crippen LogP contribution < -0.4 is 5.32 Å². The predicted molar refractivity (Wildman–Crippen MR) is 79.0 cm³/mol. The fourth-order valence-electron chi connectivity index (χ4n) is 2.18. The van der Waals surface area contributed by atoms with Crippen LogP contribution in [0.2, 0.25) is 5.02 Å². The highest BCUT2D eigenvalue weighted by molar-refractivity contribution is 6.33. The number of benzene rings is 1. The minimum atomic E-state index is -4.44. The third-order valence-corrected chi connectivity index (χ3v) is 3.91. The lowest BCUT2D eigenvalue weighted by molar-refractivity contribution is -0.137. The van der Waals surface area contributed by atoms with Crippen molar-refractivity contribution < 1.29 is 18.0 Å². The molecule has 0 aliphatic carbocycles. The smallest absolute Gasteiger partial charge is 0.375 e. The van der Waals surface area contributed by atoms with Crippen LogP contribution in [0, 0.1) is 0 Å². The molecule has 1 saturated heterocycles. The van der Waals surface area contributed by atoms with Gasteiger partial charge >= 0.3 is 6.18 Å². The molecule has 1 aliphatic rings. The van der Waals surface area contributed by atoms with Crippen molar-refractivity contribution >= 4 is 23.2 Å². The number of rotatable bonds is 3. The first-order valence-corrected chi connectivity index (χ1v) is 7.22. The minimum absolute atomic E-state index is 0.0786. The number of nitrogens with one attached hydrogen (secondary N) is 1. The molecule has 1 aliphatic heterocycles. The number of hydrogen-bond donors (Lipinski definition) is 1. The molecule has 1 aromatic carbocycles. The molecule has 0 atom stereocenters. The second-order valence-corrected chi connectivity index (χ2v) is 5.64. The Hall–Kier alpha value is -1.47. The molecule has 122 valence electrons. The third kappa shape index (κ3) is 4.27. The maximum atomic E-state index is 12.7. The Morgan fingerprint density at radius 1 is 1.27 bits per heavy atom. The van der Waals surface area contributed by atoms with E-state index in [1.807, 2.05) is 7.05 Å². The van der Waals surface area contributed by atoms with Gasteiger partial charge in [-0.25, -0.2) is 0 Å². The summed E-state index contributed by atoms with van der Waals surface area (Å²) < 4.78 is 38.0. The fraction of sp³-hybridized carbons (Fsp3) is 0.500. The van der Waals surface area contributed by atoms with Gasteiger partial charge in [-0.15, -0.1) is 0 Å². The van der Waals surface area contributed by atoms with E-state index in [0.717, 1.165) is 25.2 Å². The molecule has 1 aromatic rings. The van der Waals surface area contributed by atoms with Gasteiger partial charge in [0.25, 0.3) is 0 Å². The molecule has 1 heterocycles.